The van der Waals surface area contributed by atoms with Gasteiger partial charge >= 0.3 is 0 Å². The van der Waals surface area contributed by atoms with Crippen LogP contribution in [0.4, 0.5) is 0 Å². The first-order valence-electron chi connectivity index (χ1n) is 14.1. The highest BCUT2D eigenvalue weighted by molar-refractivity contribution is 6.83. The van der Waals surface area contributed by atoms with Crippen molar-refractivity contribution in [1.29, 1.82) is 0 Å². The van der Waals surface area contributed by atoms with Gasteiger partial charge in [-0.2, -0.15) is 0 Å². The number of aliphatic imine (C=N–C) groups is 1. The highest BCUT2D eigenvalue weighted by Gasteiger charge is 2.30. The molecule has 0 saturated carbocycles. The van der Waals surface area contributed by atoms with Gasteiger partial charge in [-0.05, 0) is 67.5 Å². The largest absolute Gasteiger partial charge is 0.497 e. The smallest absolute Gasteiger partial charge is 0.222 e. The van der Waals surface area contributed by atoms with Gasteiger partial charge in [-0.1, -0.05) is 48.0 Å². The summed E-state index contributed by atoms with van der Waals surface area (Å²) in [5, 5.41) is 13.0. The van der Waals surface area contributed by atoms with Gasteiger partial charge in [0.15, 0.2) is 11.6 Å². The predicted molar refractivity (Wildman–Crippen MR) is 169 cm³/mol. The molecule has 2 heterocycles. The van der Waals surface area contributed by atoms with Crippen LogP contribution in [0.5, 0.6) is 5.75 Å². The highest BCUT2D eigenvalue weighted by Crippen LogP contribution is 2.34. The molecular formula is C32H34ClN5O4Si. The molecule has 222 valence electrons. The number of carbonyl (C=O) groups is 2. The molecule has 3 aromatic carbocycles. The number of carbonyl (C=O) groups excluding carboxylic acids is 2. The summed E-state index contributed by atoms with van der Waals surface area (Å²) >= 11 is 6.17. The molecule has 4 aromatic rings. The van der Waals surface area contributed by atoms with Crippen molar-refractivity contribution in [1.82, 2.24) is 20.1 Å². The zero-order valence-electron chi connectivity index (χ0n) is 24.6. The summed E-state index contributed by atoms with van der Waals surface area (Å²) in [6, 6.07) is 20.2. The van der Waals surface area contributed by atoms with E-state index in [1.165, 1.54) is 0 Å². The number of Topliss-reactive ketones (excluding diaryl/α,β-unsaturated/α-hetero) is 1. The minimum atomic E-state index is -2.36. The molecule has 5 rings (SSSR count). The van der Waals surface area contributed by atoms with Crippen LogP contribution >= 0.6 is 11.6 Å². The average molecular weight is 616 g/mol. The van der Waals surface area contributed by atoms with Gasteiger partial charge in [0.1, 0.15) is 17.6 Å². The third-order valence-corrected chi connectivity index (χ3v) is 9.46. The third kappa shape index (κ3) is 6.93. The molecule has 0 spiro atoms. The lowest BCUT2D eigenvalue weighted by atomic mass is 10.00. The quantitative estimate of drug-likeness (QED) is 0.258. The highest BCUT2D eigenvalue weighted by atomic mass is 35.5. The lowest BCUT2D eigenvalue weighted by Crippen LogP contribution is -2.41. The van der Waals surface area contributed by atoms with Crippen LogP contribution in [-0.4, -0.2) is 58.9 Å². The second-order valence-corrected chi connectivity index (χ2v) is 15.2. The number of methoxy groups -OCH3 is 1. The Morgan fingerprint density at radius 2 is 1.77 bits per heavy atom. The first-order valence-corrected chi connectivity index (χ1v) is 17.4. The second-order valence-electron chi connectivity index (χ2n) is 11.1. The molecule has 9 nitrogen and oxygen atoms in total. The number of aromatic nitrogens is 3. The van der Waals surface area contributed by atoms with Gasteiger partial charge in [-0.3, -0.25) is 19.1 Å². The number of nitrogens with one attached hydrogen (secondary N) is 1. The van der Waals surface area contributed by atoms with Gasteiger partial charge in [-0.25, -0.2) is 0 Å². The van der Waals surface area contributed by atoms with E-state index in [0.29, 0.717) is 41.0 Å². The van der Waals surface area contributed by atoms with Crippen LogP contribution in [0.25, 0.3) is 5.69 Å². The van der Waals surface area contributed by atoms with Gasteiger partial charge in [0.25, 0.3) is 0 Å². The zero-order valence-corrected chi connectivity index (χ0v) is 26.4. The Morgan fingerprint density at radius 3 is 2.44 bits per heavy atom. The van der Waals surface area contributed by atoms with Gasteiger partial charge in [-0.15, -0.1) is 10.2 Å². The summed E-state index contributed by atoms with van der Waals surface area (Å²) in [5.41, 5.74) is 4.14. The van der Waals surface area contributed by atoms with E-state index in [2.05, 4.69) is 15.5 Å². The summed E-state index contributed by atoms with van der Waals surface area (Å²) in [6.45, 7) is 5.52. The number of fused-ring (bicyclic) bond motifs is 3. The van der Waals surface area contributed by atoms with Gasteiger partial charge < -0.3 is 14.8 Å². The Balaban J connectivity index is 1.33. The number of rotatable bonds is 10. The topological polar surface area (TPSA) is 119 Å². The molecule has 43 heavy (non-hydrogen) atoms. The summed E-state index contributed by atoms with van der Waals surface area (Å²) in [4.78, 5) is 41.1. The lowest BCUT2D eigenvalue weighted by molar-refractivity contribution is -0.125. The van der Waals surface area contributed by atoms with Crippen LogP contribution in [-0.2, 0) is 16.0 Å². The van der Waals surface area contributed by atoms with E-state index in [-0.39, 0.29) is 24.7 Å². The van der Waals surface area contributed by atoms with Crippen molar-refractivity contribution in [3.05, 3.63) is 100 Å². The van der Waals surface area contributed by atoms with E-state index >= 15 is 0 Å². The van der Waals surface area contributed by atoms with Crippen LogP contribution in [0.15, 0.2) is 71.7 Å². The minimum absolute atomic E-state index is 0.0179. The third-order valence-electron chi connectivity index (χ3n) is 7.46. The Labute approximate surface area is 256 Å². The SMILES string of the molecule is COc1ccc2c(c1)C(c1ccc(Cl)cc1)=N[C@@H](CC(=O)NCC(=O)CCc1ccc([Si](C)(C)O)cc1)c1nnc(C)n1-2. The predicted octanol–water partition coefficient (Wildman–Crippen LogP) is 4.24. The number of hydrogen-bond donors (Lipinski definition) is 2. The monoisotopic (exact) mass is 615 g/mol. The normalized spacial score (nSPS) is 14.3. The van der Waals surface area contributed by atoms with Crippen molar-refractivity contribution in [2.75, 3.05) is 13.7 Å². The molecule has 0 unspecified atom stereocenters. The molecule has 0 radical (unpaired) electrons. The van der Waals surface area contributed by atoms with Crippen LogP contribution in [0.1, 0.15) is 47.2 Å². The average Bonchev–Trinajstić information content (AvgIpc) is 3.31. The van der Waals surface area contributed by atoms with Crippen LogP contribution in [0.2, 0.25) is 18.1 Å². The first-order chi connectivity index (χ1) is 20.5. The summed E-state index contributed by atoms with van der Waals surface area (Å²) in [5.74, 6) is 1.48. The van der Waals surface area contributed by atoms with E-state index in [0.717, 1.165) is 27.6 Å². The number of halogens is 1. The molecule has 0 saturated heterocycles. The summed E-state index contributed by atoms with van der Waals surface area (Å²) in [6.07, 6.45) is 0.840. The Hall–Kier alpha value is -4.12. The minimum Gasteiger partial charge on any atom is -0.497 e. The Morgan fingerprint density at radius 1 is 1.05 bits per heavy atom. The van der Waals surface area contributed by atoms with Crippen LogP contribution in [0.3, 0.4) is 0 Å². The molecule has 1 aliphatic rings. The molecule has 1 amide bonds. The molecule has 0 fully saturated rings. The lowest BCUT2D eigenvalue weighted by Gasteiger charge is -2.14. The molecule has 0 bridgehead atoms. The van der Waals surface area contributed by atoms with Crippen molar-refractivity contribution >= 4 is 42.5 Å². The number of aryl methyl sites for hydroxylation is 2. The summed E-state index contributed by atoms with van der Waals surface area (Å²) < 4.78 is 7.43. The van der Waals surface area contributed by atoms with Gasteiger partial charge in [0.05, 0.1) is 31.5 Å². The van der Waals surface area contributed by atoms with Crippen molar-refractivity contribution in [2.24, 2.45) is 4.99 Å². The maximum atomic E-state index is 13.2. The molecule has 2 N–H and O–H groups in total. The Bertz CT molecular complexity index is 1680. The molecule has 1 aliphatic heterocycles. The number of ketones is 1. The molecule has 0 aliphatic carbocycles. The van der Waals surface area contributed by atoms with E-state index in [9.17, 15) is 14.4 Å². The molecule has 11 heteroatoms. The summed E-state index contributed by atoms with van der Waals surface area (Å²) in [7, 11) is -0.755. The van der Waals surface area contributed by atoms with Crippen molar-refractivity contribution in [2.45, 2.75) is 45.3 Å². The number of ether oxygens (including phenoxy) is 1. The Kier molecular flexibility index (Phi) is 8.91. The van der Waals surface area contributed by atoms with E-state index < -0.39 is 14.4 Å². The van der Waals surface area contributed by atoms with E-state index in [1.807, 2.05) is 79.2 Å². The van der Waals surface area contributed by atoms with E-state index in [4.69, 9.17) is 21.3 Å². The fourth-order valence-corrected chi connectivity index (χ4v) is 6.18. The fraction of sp³-hybridized carbons (Fsp3) is 0.281. The second kappa shape index (κ2) is 12.6. The van der Waals surface area contributed by atoms with Crippen molar-refractivity contribution < 1.29 is 19.1 Å². The van der Waals surface area contributed by atoms with Crippen LogP contribution in [0, 0.1) is 6.92 Å². The number of hydrogen-bond acceptors (Lipinski definition) is 7. The number of nitrogens with zero attached hydrogens (tertiary/aromatic N) is 4. The number of amides is 1. The maximum absolute atomic E-state index is 13.2. The van der Waals surface area contributed by atoms with Crippen LogP contribution < -0.4 is 15.2 Å². The fourth-order valence-electron chi connectivity index (χ4n) is 5.07. The van der Waals surface area contributed by atoms with Crippen molar-refractivity contribution in [3.63, 3.8) is 0 Å². The molecular weight excluding hydrogens is 582 g/mol. The molecule has 1 atom stereocenters. The molecule has 1 aromatic heterocycles. The van der Waals surface area contributed by atoms with E-state index in [1.54, 1.807) is 19.2 Å². The van der Waals surface area contributed by atoms with Crippen molar-refractivity contribution in [3.8, 4) is 11.4 Å². The zero-order chi connectivity index (χ0) is 30.7. The van der Waals surface area contributed by atoms with Gasteiger partial charge in [0, 0.05) is 22.6 Å². The van der Waals surface area contributed by atoms with Gasteiger partial charge in [0.2, 0.25) is 14.2 Å². The standard InChI is InChI=1S/C32H34ClN5O4Si/c1-20-36-37-32-28(18-30(40)34-19-24(39)12-5-21-6-14-26(15-7-21)43(3,4)41)35-31(22-8-10-23(33)11-9-22)27-17-25(42-2)13-16-29(27)38(20)32/h6-11,13-17,28,41H,5,12,18-19H2,1-4H3,(H,34,40)/t28-/m0/s1. The number of benzene rings is 3. The maximum Gasteiger partial charge on any atom is 0.222 e. The first kappa shape index (κ1) is 30.3.